The molecule has 0 aliphatic heterocycles. The predicted molar refractivity (Wildman–Crippen MR) is 83.7 cm³/mol. The van der Waals surface area contributed by atoms with Crippen LogP contribution >= 0.6 is 0 Å². The van der Waals surface area contributed by atoms with E-state index in [4.69, 9.17) is 0 Å². The molecule has 0 saturated heterocycles. The molecule has 114 valence electrons. The molecule has 0 amide bonds. The van der Waals surface area contributed by atoms with Crippen LogP contribution < -0.4 is 4.72 Å². The van der Waals surface area contributed by atoms with Crippen molar-refractivity contribution in [2.75, 3.05) is 0 Å². The van der Waals surface area contributed by atoms with Gasteiger partial charge < -0.3 is 4.57 Å². The number of sulfonamides is 1. The van der Waals surface area contributed by atoms with E-state index in [1.165, 1.54) is 0 Å². The van der Waals surface area contributed by atoms with Crippen LogP contribution in [0.15, 0.2) is 47.6 Å². The van der Waals surface area contributed by atoms with Crippen LogP contribution in [0.5, 0.6) is 0 Å². The van der Waals surface area contributed by atoms with E-state index in [-0.39, 0.29) is 11.4 Å². The Bertz CT molecular complexity index is 917. The lowest BCUT2D eigenvalue weighted by Crippen LogP contribution is -2.23. The topological polar surface area (TPSA) is 76.9 Å². The SMILES string of the molecule is Cc1nc2cc(S(=O)(=O)NCc3ccncc3)ccc2n1C. The molecule has 0 radical (unpaired) electrons. The summed E-state index contributed by atoms with van der Waals surface area (Å²) in [6.45, 7) is 2.11. The number of imidazole rings is 1. The van der Waals surface area contributed by atoms with Gasteiger partial charge in [-0.1, -0.05) is 0 Å². The second-order valence-corrected chi connectivity index (χ2v) is 6.82. The van der Waals surface area contributed by atoms with Gasteiger partial charge >= 0.3 is 0 Å². The molecule has 3 rings (SSSR count). The van der Waals surface area contributed by atoms with E-state index in [1.54, 1.807) is 42.7 Å². The molecular weight excluding hydrogens is 300 g/mol. The van der Waals surface area contributed by atoms with Gasteiger partial charge in [0.2, 0.25) is 10.0 Å². The van der Waals surface area contributed by atoms with E-state index in [0.717, 1.165) is 16.9 Å². The van der Waals surface area contributed by atoms with E-state index < -0.39 is 10.0 Å². The van der Waals surface area contributed by atoms with Crippen LogP contribution in [-0.4, -0.2) is 23.0 Å². The molecule has 2 aromatic heterocycles. The lowest BCUT2D eigenvalue weighted by Gasteiger charge is -2.07. The van der Waals surface area contributed by atoms with E-state index in [2.05, 4.69) is 14.7 Å². The highest BCUT2D eigenvalue weighted by Gasteiger charge is 2.15. The van der Waals surface area contributed by atoms with Crippen molar-refractivity contribution >= 4 is 21.1 Å². The summed E-state index contributed by atoms with van der Waals surface area (Å²) in [6.07, 6.45) is 3.26. The minimum absolute atomic E-state index is 0.215. The second-order valence-electron chi connectivity index (χ2n) is 5.05. The molecule has 0 atom stereocenters. The monoisotopic (exact) mass is 316 g/mol. The highest BCUT2D eigenvalue weighted by Crippen LogP contribution is 2.19. The summed E-state index contributed by atoms with van der Waals surface area (Å²) in [5, 5.41) is 0. The second kappa shape index (κ2) is 5.51. The summed E-state index contributed by atoms with van der Waals surface area (Å²) in [4.78, 5) is 8.49. The van der Waals surface area contributed by atoms with Crippen molar-refractivity contribution in [2.24, 2.45) is 7.05 Å². The third-order valence-electron chi connectivity index (χ3n) is 3.60. The van der Waals surface area contributed by atoms with Crippen molar-refractivity contribution in [3.05, 3.63) is 54.1 Å². The van der Waals surface area contributed by atoms with Crippen LogP contribution in [-0.2, 0) is 23.6 Å². The fraction of sp³-hybridized carbons (Fsp3) is 0.200. The maximum absolute atomic E-state index is 12.4. The fourth-order valence-electron chi connectivity index (χ4n) is 2.23. The third kappa shape index (κ3) is 2.72. The predicted octanol–water partition coefficient (Wildman–Crippen LogP) is 1.76. The first-order valence-electron chi connectivity index (χ1n) is 6.79. The highest BCUT2D eigenvalue weighted by atomic mass is 32.2. The zero-order valence-electron chi connectivity index (χ0n) is 12.3. The number of hydrogen-bond donors (Lipinski definition) is 1. The zero-order valence-corrected chi connectivity index (χ0v) is 13.1. The number of nitrogens with zero attached hydrogens (tertiary/aromatic N) is 3. The summed E-state index contributed by atoms with van der Waals surface area (Å²) in [5.41, 5.74) is 2.44. The van der Waals surface area contributed by atoms with Crippen molar-refractivity contribution < 1.29 is 8.42 Å². The molecule has 2 heterocycles. The Kier molecular flexibility index (Phi) is 3.67. The molecule has 7 heteroatoms. The number of nitrogens with one attached hydrogen (secondary N) is 1. The van der Waals surface area contributed by atoms with E-state index in [9.17, 15) is 8.42 Å². The van der Waals surface area contributed by atoms with E-state index in [1.807, 2.05) is 18.5 Å². The third-order valence-corrected chi connectivity index (χ3v) is 5.00. The number of hydrogen-bond acceptors (Lipinski definition) is 4. The summed E-state index contributed by atoms with van der Waals surface area (Å²) in [7, 11) is -1.67. The minimum Gasteiger partial charge on any atom is -0.331 e. The molecule has 0 unspecified atom stereocenters. The van der Waals surface area contributed by atoms with Gasteiger partial charge in [-0.05, 0) is 42.8 Å². The number of aromatic nitrogens is 3. The van der Waals surface area contributed by atoms with Crippen molar-refractivity contribution in [3.8, 4) is 0 Å². The van der Waals surface area contributed by atoms with Gasteiger partial charge in [-0.25, -0.2) is 18.1 Å². The summed E-state index contributed by atoms with van der Waals surface area (Å²) >= 11 is 0. The molecule has 3 aromatic rings. The molecule has 1 N–H and O–H groups in total. The number of aryl methyl sites for hydroxylation is 2. The smallest absolute Gasteiger partial charge is 0.240 e. The number of rotatable bonds is 4. The maximum Gasteiger partial charge on any atom is 0.240 e. The van der Waals surface area contributed by atoms with Gasteiger partial charge in [-0.15, -0.1) is 0 Å². The van der Waals surface area contributed by atoms with Crippen LogP contribution in [0.25, 0.3) is 11.0 Å². The minimum atomic E-state index is -3.57. The van der Waals surface area contributed by atoms with Gasteiger partial charge in [0.15, 0.2) is 0 Å². The largest absolute Gasteiger partial charge is 0.331 e. The summed E-state index contributed by atoms with van der Waals surface area (Å²) < 4.78 is 29.3. The summed E-state index contributed by atoms with van der Waals surface area (Å²) in [6, 6.07) is 8.51. The van der Waals surface area contributed by atoms with Crippen LogP contribution in [0.3, 0.4) is 0 Å². The lowest BCUT2D eigenvalue weighted by molar-refractivity contribution is 0.581. The Morgan fingerprint density at radius 2 is 1.91 bits per heavy atom. The standard InChI is InChI=1S/C15H16N4O2S/c1-11-18-14-9-13(3-4-15(14)19(11)2)22(20,21)17-10-12-5-7-16-8-6-12/h3-9,17H,10H2,1-2H3. The lowest BCUT2D eigenvalue weighted by atomic mass is 10.3. The first kappa shape index (κ1) is 14.7. The molecule has 0 saturated carbocycles. The zero-order chi connectivity index (χ0) is 15.7. The number of benzene rings is 1. The maximum atomic E-state index is 12.4. The van der Waals surface area contributed by atoms with Crippen molar-refractivity contribution in [1.29, 1.82) is 0 Å². The molecule has 6 nitrogen and oxygen atoms in total. The molecule has 0 fully saturated rings. The van der Waals surface area contributed by atoms with Crippen molar-refractivity contribution in [3.63, 3.8) is 0 Å². The first-order valence-corrected chi connectivity index (χ1v) is 8.27. The quantitative estimate of drug-likeness (QED) is 0.795. The fourth-order valence-corrected chi connectivity index (χ4v) is 3.27. The Labute approximate surface area is 128 Å². The van der Waals surface area contributed by atoms with Gasteiger partial charge in [0, 0.05) is 26.0 Å². The summed E-state index contributed by atoms with van der Waals surface area (Å²) in [5.74, 6) is 0.842. The van der Waals surface area contributed by atoms with E-state index >= 15 is 0 Å². The van der Waals surface area contributed by atoms with Gasteiger partial charge in [0.05, 0.1) is 15.9 Å². The van der Waals surface area contributed by atoms with Gasteiger partial charge in [0.25, 0.3) is 0 Å². The Hall–Kier alpha value is -2.25. The van der Waals surface area contributed by atoms with Crippen LogP contribution in [0.2, 0.25) is 0 Å². The molecule has 0 aliphatic carbocycles. The van der Waals surface area contributed by atoms with Crippen LogP contribution in [0, 0.1) is 6.92 Å². The van der Waals surface area contributed by atoms with Gasteiger partial charge in [-0.3, -0.25) is 4.98 Å². The molecular formula is C15H16N4O2S. The average Bonchev–Trinajstić information content (AvgIpc) is 2.81. The Morgan fingerprint density at radius 3 is 2.64 bits per heavy atom. The van der Waals surface area contributed by atoms with Crippen LogP contribution in [0.4, 0.5) is 0 Å². The number of fused-ring (bicyclic) bond motifs is 1. The first-order chi connectivity index (χ1) is 10.5. The molecule has 0 bridgehead atoms. The van der Waals surface area contributed by atoms with Gasteiger partial charge in [0.1, 0.15) is 5.82 Å². The Balaban J connectivity index is 1.88. The number of pyridine rings is 1. The molecule has 1 aromatic carbocycles. The van der Waals surface area contributed by atoms with Crippen molar-refractivity contribution in [1.82, 2.24) is 19.3 Å². The molecule has 0 spiro atoms. The normalized spacial score (nSPS) is 11.9. The Morgan fingerprint density at radius 1 is 1.18 bits per heavy atom. The van der Waals surface area contributed by atoms with Gasteiger partial charge in [-0.2, -0.15) is 0 Å². The molecule has 0 aliphatic rings. The highest BCUT2D eigenvalue weighted by molar-refractivity contribution is 7.89. The average molecular weight is 316 g/mol. The van der Waals surface area contributed by atoms with Crippen LogP contribution in [0.1, 0.15) is 11.4 Å². The molecule has 22 heavy (non-hydrogen) atoms. The van der Waals surface area contributed by atoms with Crippen molar-refractivity contribution in [2.45, 2.75) is 18.4 Å². The van der Waals surface area contributed by atoms with E-state index in [0.29, 0.717) is 5.52 Å².